The Balaban J connectivity index is 0.00000420. The van der Waals surface area contributed by atoms with Crippen LogP contribution in [0.4, 0.5) is 32.0 Å². The highest BCUT2D eigenvalue weighted by atomic mass is 35.5. The minimum Gasteiger partial charge on any atom is -0.369 e. The van der Waals surface area contributed by atoms with Crippen molar-refractivity contribution in [2.75, 3.05) is 24.5 Å². The van der Waals surface area contributed by atoms with Crippen LogP contribution in [0.3, 0.4) is 0 Å². The first-order chi connectivity index (χ1) is 17.6. The molecular formula is C25H25ClF6N2O3S2. The molecule has 1 N–H and O–H groups in total. The number of nitrogens with zero attached hydrogens (tertiary/aromatic N) is 2. The van der Waals surface area contributed by atoms with Crippen molar-refractivity contribution < 1.29 is 39.9 Å². The number of hydrogen-bond donors (Lipinski definition) is 1. The maximum absolute atomic E-state index is 13.3. The maximum atomic E-state index is 13.3. The summed E-state index contributed by atoms with van der Waals surface area (Å²) in [7, 11) is -3.77. The van der Waals surface area contributed by atoms with Gasteiger partial charge in [0.25, 0.3) is 15.6 Å². The molecule has 2 heterocycles. The molecule has 0 bridgehead atoms. The van der Waals surface area contributed by atoms with E-state index in [2.05, 4.69) is 0 Å². The molecule has 1 aromatic heterocycles. The van der Waals surface area contributed by atoms with Gasteiger partial charge in [0.15, 0.2) is 0 Å². The summed E-state index contributed by atoms with van der Waals surface area (Å²) >= 11 is 1.08. The zero-order valence-corrected chi connectivity index (χ0v) is 22.9. The molecule has 0 amide bonds. The van der Waals surface area contributed by atoms with Gasteiger partial charge in [0.2, 0.25) is 0 Å². The average Bonchev–Trinajstić information content (AvgIpc) is 3.38. The lowest BCUT2D eigenvalue weighted by Gasteiger charge is -2.42. The lowest BCUT2D eigenvalue weighted by Crippen LogP contribution is -2.55. The van der Waals surface area contributed by atoms with Crippen LogP contribution in [-0.2, 0) is 22.0 Å². The van der Waals surface area contributed by atoms with Crippen LogP contribution < -0.4 is 4.90 Å². The summed E-state index contributed by atoms with van der Waals surface area (Å²) in [5.74, 6) is 0. The number of thiophene rings is 1. The normalized spacial score (nSPS) is 17.6. The highest BCUT2D eigenvalue weighted by Gasteiger charge is 2.71. The van der Waals surface area contributed by atoms with Gasteiger partial charge in [-0.1, -0.05) is 48.0 Å². The molecule has 2 aromatic carbocycles. The Morgan fingerprint density at radius 3 is 2.13 bits per heavy atom. The van der Waals surface area contributed by atoms with Crippen molar-refractivity contribution in [1.82, 2.24) is 4.31 Å². The molecule has 1 fully saturated rings. The number of sulfonamides is 1. The second-order valence-electron chi connectivity index (χ2n) is 9.09. The SMILES string of the molecule is Cc1cccc(C[C@H]2CN(S(=O)(=O)c3cccs3)CCN2c2ccc(C(O)(C(F)(F)F)C(F)(F)F)cc2)c1.Cl. The molecule has 39 heavy (non-hydrogen) atoms. The standard InChI is InChI=1S/C25H24F6N2O3S2.ClH/c1-17-4-2-5-18(14-17)15-21-16-32(38(35,36)22-6-3-13-37-22)11-12-33(21)20-9-7-19(8-10-20)23(34,24(26,27)28)25(29,30)31;/h2-10,13-14,21,34H,11-12,15-16H2,1H3;1H/t21-;/m0./s1. The van der Waals surface area contributed by atoms with E-state index in [1.165, 1.54) is 10.4 Å². The predicted molar refractivity (Wildman–Crippen MR) is 139 cm³/mol. The number of benzene rings is 2. The number of aliphatic hydroxyl groups is 1. The number of hydrogen-bond acceptors (Lipinski definition) is 5. The Hall–Kier alpha value is -2.32. The van der Waals surface area contributed by atoms with Gasteiger partial charge in [-0.25, -0.2) is 8.42 Å². The van der Waals surface area contributed by atoms with Crippen molar-refractivity contribution in [3.05, 3.63) is 82.7 Å². The van der Waals surface area contributed by atoms with Gasteiger partial charge in [-0.05, 0) is 42.5 Å². The molecule has 0 aliphatic carbocycles. The molecule has 5 nitrogen and oxygen atoms in total. The van der Waals surface area contributed by atoms with E-state index >= 15 is 0 Å². The van der Waals surface area contributed by atoms with Crippen LogP contribution in [0.15, 0.2) is 70.3 Å². The summed E-state index contributed by atoms with van der Waals surface area (Å²) in [5, 5.41) is 11.4. The maximum Gasteiger partial charge on any atom is 0.430 e. The quantitative estimate of drug-likeness (QED) is 0.351. The Kier molecular flexibility index (Phi) is 9.03. The van der Waals surface area contributed by atoms with Crippen molar-refractivity contribution in [3.63, 3.8) is 0 Å². The zero-order valence-electron chi connectivity index (χ0n) is 20.4. The molecule has 1 aliphatic heterocycles. The van der Waals surface area contributed by atoms with E-state index in [4.69, 9.17) is 0 Å². The van der Waals surface area contributed by atoms with E-state index < -0.39 is 39.6 Å². The molecule has 214 valence electrons. The first-order valence-electron chi connectivity index (χ1n) is 11.5. The van der Waals surface area contributed by atoms with Crippen molar-refractivity contribution in [2.45, 2.75) is 41.5 Å². The minimum atomic E-state index is -5.98. The van der Waals surface area contributed by atoms with Crippen molar-refractivity contribution in [3.8, 4) is 0 Å². The van der Waals surface area contributed by atoms with Crippen LogP contribution in [0, 0.1) is 6.92 Å². The summed E-state index contributed by atoms with van der Waals surface area (Å²) in [6.45, 7) is 2.19. The molecule has 4 rings (SSSR count). The van der Waals surface area contributed by atoms with Crippen LogP contribution in [0.2, 0.25) is 0 Å². The predicted octanol–water partition coefficient (Wildman–Crippen LogP) is 5.91. The van der Waals surface area contributed by atoms with Gasteiger partial charge >= 0.3 is 12.4 Å². The van der Waals surface area contributed by atoms with Gasteiger partial charge < -0.3 is 10.0 Å². The topological polar surface area (TPSA) is 60.9 Å². The minimum absolute atomic E-state index is 0. The summed E-state index contributed by atoms with van der Waals surface area (Å²) in [4.78, 5) is 1.77. The molecule has 1 saturated heterocycles. The number of halogens is 7. The zero-order chi connectivity index (χ0) is 27.9. The van der Waals surface area contributed by atoms with Crippen LogP contribution in [-0.4, -0.2) is 55.9 Å². The molecule has 3 aromatic rings. The third-order valence-electron chi connectivity index (χ3n) is 6.53. The highest BCUT2D eigenvalue weighted by Crippen LogP contribution is 2.50. The Labute approximate surface area is 232 Å². The third-order valence-corrected chi connectivity index (χ3v) is 9.76. The molecule has 1 aliphatic rings. The van der Waals surface area contributed by atoms with Gasteiger partial charge in [-0.3, -0.25) is 0 Å². The van der Waals surface area contributed by atoms with Gasteiger partial charge in [-0.2, -0.15) is 30.6 Å². The average molecular weight is 615 g/mol. The summed E-state index contributed by atoms with van der Waals surface area (Å²) in [6.07, 6.45) is -11.6. The first-order valence-corrected chi connectivity index (χ1v) is 13.8. The summed E-state index contributed by atoms with van der Waals surface area (Å²) in [5.41, 5.74) is -4.18. The van der Waals surface area contributed by atoms with Crippen molar-refractivity contribution in [2.24, 2.45) is 0 Å². The fourth-order valence-electron chi connectivity index (χ4n) is 4.59. The molecule has 1 atom stereocenters. The number of piperazine rings is 1. The summed E-state index contributed by atoms with van der Waals surface area (Å²) < 4.78 is 108. The number of alkyl halides is 6. The van der Waals surface area contributed by atoms with Gasteiger partial charge in [0.1, 0.15) is 4.21 Å². The van der Waals surface area contributed by atoms with Crippen molar-refractivity contribution >= 4 is 39.5 Å². The van der Waals surface area contributed by atoms with E-state index in [0.29, 0.717) is 24.2 Å². The molecule has 0 unspecified atom stereocenters. The molecule has 0 radical (unpaired) electrons. The van der Waals surface area contributed by atoms with Gasteiger partial charge in [0.05, 0.1) is 0 Å². The Bertz CT molecular complexity index is 1350. The van der Waals surface area contributed by atoms with Gasteiger partial charge in [0, 0.05) is 36.9 Å². The lowest BCUT2D eigenvalue weighted by molar-refractivity contribution is -0.376. The fourth-order valence-corrected chi connectivity index (χ4v) is 7.20. The molecule has 0 saturated carbocycles. The third kappa shape index (κ3) is 6.07. The molecule has 14 heteroatoms. The summed E-state index contributed by atoms with van der Waals surface area (Å²) in [6, 6.07) is 13.6. The lowest BCUT2D eigenvalue weighted by atomic mass is 9.92. The Morgan fingerprint density at radius 1 is 0.949 bits per heavy atom. The van der Waals surface area contributed by atoms with Crippen LogP contribution in [0.1, 0.15) is 16.7 Å². The molecular weight excluding hydrogens is 590 g/mol. The van der Waals surface area contributed by atoms with E-state index in [1.54, 1.807) is 16.3 Å². The molecule has 0 spiro atoms. The largest absolute Gasteiger partial charge is 0.430 e. The monoisotopic (exact) mass is 614 g/mol. The highest BCUT2D eigenvalue weighted by molar-refractivity contribution is 7.91. The number of aryl methyl sites for hydroxylation is 1. The van der Waals surface area contributed by atoms with E-state index in [0.717, 1.165) is 34.6 Å². The smallest absolute Gasteiger partial charge is 0.369 e. The second kappa shape index (κ2) is 11.3. The first kappa shape index (κ1) is 31.2. The number of rotatable bonds is 6. The number of anilines is 1. The van der Waals surface area contributed by atoms with Crippen LogP contribution in [0.5, 0.6) is 0 Å². The second-order valence-corrected chi connectivity index (χ2v) is 12.2. The fraction of sp³-hybridized carbons (Fsp3) is 0.360. The van der Waals surface area contributed by atoms with E-state index in [1.807, 2.05) is 31.2 Å². The van der Waals surface area contributed by atoms with Crippen molar-refractivity contribution in [1.29, 1.82) is 0 Å². The Morgan fingerprint density at radius 2 is 1.59 bits per heavy atom. The van der Waals surface area contributed by atoms with E-state index in [-0.39, 0.29) is 36.3 Å². The van der Waals surface area contributed by atoms with Crippen LogP contribution >= 0.6 is 23.7 Å². The van der Waals surface area contributed by atoms with E-state index in [9.17, 15) is 39.9 Å². The van der Waals surface area contributed by atoms with Gasteiger partial charge in [-0.15, -0.1) is 23.7 Å². The van der Waals surface area contributed by atoms with Crippen LogP contribution in [0.25, 0.3) is 0 Å².